The van der Waals surface area contributed by atoms with Crippen LogP contribution in [0.5, 0.6) is 0 Å². The molecule has 0 bridgehead atoms. The van der Waals surface area contributed by atoms with E-state index >= 15 is 0 Å². The van der Waals surface area contributed by atoms with E-state index in [0.717, 1.165) is 0 Å². The van der Waals surface area contributed by atoms with Crippen LogP contribution in [0.15, 0.2) is 48.1 Å². The summed E-state index contributed by atoms with van der Waals surface area (Å²) in [4.78, 5) is 29.5. The van der Waals surface area contributed by atoms with Gasteiger partial charge in [0, 0.05) is 11.1 Å². The molecule has 0 spiro atoms. The average molecular weight is 513 g/mol. The van der Waals surface area contributed by atoms with Crippen molar-refractivity contribution in [2.75, 3.05) is 6.61 Å². The third-order valence-corrected chi connectivity index (χ3v) is 6.19. The monoisotopic (exact) mass is 512 g/mol. The molecule has 0 radical (unpaired) electrons. The summed E-state index contributed by atoms with van der Waals surface area (Å²) in [6, 6.07) is 0. The molecule has 36 heavy (non-hydrogen) atoms. The van der Waals surface area contributed by atoms with Crippen molar-refractivity contribution in [2.45, 2.75) is 96.8 Å². The van der Waals surface area contributed by atoms with Crippen LogP contribution >= 0.6 is 0 Å². The Kier molecular flexibility index (Phi) is 12.7. The van der Waals surface area contributed by atoms with Crippen LogP contribution in [0.25, 0.3) is 0 Å². The molecule has 1 aliphatic rings. The number of aliphatic hydroxyl groups excluding tert-OH is 2. The summed E-state index contributed by atoms with van der Waals surface area (Å²) in [5.41, 5.74) is 0.0703. The predicted molar refractivity (Wildman–Crippen MR) is 132 cm³/mol. The normalized spacial score (nSPS) is 27.5. The van der Waals surface area contributed by atoms with Crippen LogP contribution in [-0.4, -0.2) is 76.4 Å². The van der Waals surface area contributed by atoms with E-state index in [0.29, 0.717) is 12.0 Å². The summed E-state index contributed by atoms with van der Waals surface area (Å²) in [7, 11) is 0. The molecule has 204 valence electrons. The van der Waals surface area contributed by atoms with Gasteiger partial charge in [-0.05, 0) is 60.0 Å². The van der Waals surface area contributed by atoms with Crippen molar-refractivity contribution in [3.05, 3.63) is 48.1 Å². The van der Waals surface area contributed by atoms with Crippen LogP contribution < -0.4 is 0 Å². The second-order valence-corrected chi connectivity index (χ2v) is 9.01. The van der Waals surface area contributed by atoms with E-state index in [1.165, 1.54) is 32.1 Å². The van der Waals surface area contributed by atoms with Gasteiger partial charge in [0.25, 0.3) is 0 Å². The SMILES string of the molecule is C=CC(C)(CCC(OO)C(=C)C)OC1OC(CO)C(OC(=O)C(C)=CC)C(OC(=O)C(C)=CC)C1O. The minimum atomic E-state index is -1.59. The van der Waals surface area contributed by atoms with E-state index in [2.05, 4.69) is 18.0 Å². The first kappa shape index (κ1) is 31.7. The van der Waals surface area contributed by atoms with Gasteiger partial charge in [-0.25, -0.2) is 14.5 Å². The van der Waals surface area contributed by atoms with Gasteiger partial charge in [-0.15, -0.1) is 6.58 Å². The summed E-state index contributed by atoms with van der Waals surface area (Å²) in [6.07, 6.45) is -2.35. The first-order chi connectivity index (χ1) is 16.9. The summed E-state index contributed by atoms with van der Waals surface area (Å²) < 4.78 is 22.8. The highest BCUT2D eigenvalue weighted by Gasteiger charge is 2.51. The molecular formula is C26H40O10. The van der Waals surface area contributed by atoms with Crippen LogP contribution in [0.1, 0.15) is 54.4 Å². The van der Waals surface area contributed by atoms with Gasteiger partial charge in [-0.3, -0.25) is 5.26 Å². The maximum absolute atomic E-state index is 12.6. The Hall–Kier alpha value is -2.34. The zero-order chi connectivity index (χ0) is 27.6. The van der Waals surface area contributed by atoms with Gasteiger partial charge < -0.3 is 29.2 Å². The lowest BCUT2D eigenvalue weighted by atomic mass is 9.94. The minimum Gasteiger partial charge on any atom is -0.452 e. The lowest BCUT2D eigenvalue weighted by Crippen LogP contribution is -2.62. The number of esters is 2. The van der Waals surface area contributed by atoms with Crippen LogP contribution in [0, 0.1) is 0 Å². The molecule has 1 saturated heterocycles. The number of hydrogen-bond acceptors (Lipinski definition) is 10. The maximum Gasteiger partial charge on any atom is 0.333 e. The maximum atomic E-state index is 12.6. The van der Waals surface area contributed by atoms with Gasteiger partial charge in [0.2, 0.25) is 0 Å². The first-order valence-electron chi connectivity index (χ1n) is 11.8. The molecule has 0 saturated carbocycles. The van der Waals surface area contributed by atoms with E-state index < -0.39 is 61.0 Å². The molecule has 1 rings (SSSR count). The van der Waals surface area contributed by atoms with Crippen molar-refractivity contribution in [1.29, 1.82) is 0 Å². The number of rotatable bonds is 13. The van der Waals surface area contributed by atoms with Gasteiger partial charge in [0.15, 0.2) is 18.5 Å². The summed E-state index contributed by atoms with van der Waals surface area (Å²) in [6.45, 7) is 16.7. The standard InChI is InChI=1S/C26H40O10/c1-9-16(6)23(29)33-21-19(14-27)32-25(20(28)22(21)34-24(30)17(7)10-2)35-26(8,11-3)13-12-18(36-31)15(4)5/h9-11,18-22,25,27-28,31H,3-4,12-14H2,1-2,5-8H3. The van der Waals surface area contributed by atoms with Crippen molar-refractivity contribution in [3.63, 3.8) is 0 Å². The summed E-state index contributed by atoms with van der Waals surface area (Å²) in [5.74, 6) is -1.45. The Bertz CT molecular complexity index is 848. The van der Waals surface area contributed by atoms with Crippen molar-refractivity contribution in [1.82, 2.24) is 0 Å². The predicted octanol–water partition coefficient (Wildman–Crippen LogP) is 3.00. The van der Waals surface area contributed by atoms with Gasteiger partial charge >= 0.3 is 11.9 Å². The van der Waals surface area contributed by atoms with E-state index in [1.807, 2.05) is 0 Å². The molecule has 0 aromatic rings. The molecule has 7 unspecified atom stereocenters. The molecule has 0 amide bonds. The van der Waals surface area contributed by atoms with E-state index in [4.69, 9.17) is 24.2 Å². The second-order valence-electron chi connectivity index (χ2n) is 9.01. The molecule has 1 fully saturated rings. The zero-order valence-corrected chi connectivity index (χ0v) is 21.9. The van der Waals surface area contributed by atoms with E-state index in [9.17, 15) is 19.8 Å². The molecule has 0 aromatic carbocycles. The Morgan fingerprint density at radius 3 is 2.03 bits per heavy atom. The highest BCUT2D eigenvalue weighted by atomic mass is 17.1. The molecule has 7 atom stereocenters. The van der Waals surface area contributed by atoms with E-state index in [-0.39, 0.29) is 17.6 Å². The highest BCUT2D eigenvalue weighted by Crippen LogP contribution is 2.33. The van der Waals surface area contributed by atoms with Crippen molar-refractivity contribution in [3.8, 4) is 0 Å². The van der Waals surface area contributed by atoms with Crippen molar-refractivity contribution >= 4 is 11.9 Å². The van der Waals surface area contributed by atoms with Crippen LogP contribution in [0.4, 0.5) is 0 Å². The third kappa shape index (κ3) is 8.36. The van der Waals surface area contributed by atoms with Gasteiger partial charge in [0.05, 0.1) is 12.2 Å². The van der Waals surface area contributed by atoms with Gasteiger partial charge in [-0.2, -0.15) is 0 Å². The minimum absolute atomic E-state index is 0.271. The molecule has 3 N–H and O–H groups in total. The van der Waals surface area contributed by atoms with Gasteiger partial charge in [-0.1, -0.05) is 24.8 Å². The van der Waals surface area contributed by atoms with Gasteiger partial charge in [0.1, 0.15) is 18.3 Å². The lowest BCUT2D eigenvalue weighted by Gasteiger charge is -2.45. The Balaban J connectivity index is 3.27. The third-order valence-electron chi connectivity index (χ3n) is 6.19. The topological polar surface area (TPSA) is 141 Å². The average Bonchev–Trinajstić information content (AvgIpc) is 2.86. The fraction of sp³-hybridized carbons (Fsp3) is 0.615. The number of carbonyl (C=O) groups is 2. The first-order valence-corrected chi connectivity index (χ1v) is 11.8. The summed E-state index contributed by atoms with van der Waals surface area (Å²) in [5, 5.41) is 30.3. The van der Waals surface area contributed by atoms with Crippen LogP contribution in [0.2, 0.25) is 0 Å². The second kappa shape index (κ2) is 14.4. The number of allylic oxidation sites excluding steroid dienone is 2. The fourth-order valence-corrected chi connectivity index (χ4v) is 3.37. The fourth-order valence-electron chi connectivity index (χ4n) is 3.37. The molecule has 10 nitrogen and oxygen atoms in total. The lowest BCUT2D eigenvalue weighted by molar-refractivity contribution is -0.323. The number of carbonyl (C=O) groups excluding carboxylic acids is 2. The number of ether oxygens (including phenoxy) is 4. The molecule has 0 aliphatic carbocycles. The molecule has 10 heteroatoms. The van der Waals surface area contributed by atoms with E-state index in [1.54, 1.807) is 27.7 Å². The number of aliphatic hydroxyl groups is 2. The Labute approximate surface area is 212 Å². The highest BCUT2D eigenvalue weighted by molar-refractivity contribution is 5.88. The Morgan fingerprint density at radius 1 is 1.08 bits per heavy atom. The molecule has 0 aromatic heterocycles. The zero-order valence-electron chi connectivity index (χ0n) is 21.9. The van der Waals surface area contributed by atoms with Crippen LogP contribution in [-0.2, 0) is 33.4 Å². The molecule has 1 aliphatic heterocycles. The largest absolute Gasteiger partial charge is 0.452 e. The number of hydrogen-bond donors (Lipinski definition) is 3. The summed E-state index contributed by atoms with van der Waals surface area (Å²) >= 11 is 0. The molecule has 1 heterocycles. The van der Waals surface area contributed by atoms with Crippen LogP contribution in [0.3, 0.4) is 0 Å². The Morgan fingerprint density at radius 2 is 1.61 bits per heavy atom. The van der Waals surface area contributed by atoms with Crippen molar-refractivity contribution in [2.24, 2.45) is 0 Å². The van der Waals surface area contributed by atoms with Crippen molar-refractivity contribution < 1.29 is 48.9 Å². The quantitative estimate of drug-likeness (QED) is 0.111. The molecular weight excluding hydrogens is 472 g/mol. The smallest absolute Gasteiger partial charge is 0.333 e.